The highest BCUT2D eigenvalue weighted by Crippen LogP contribution is 2.30. The van der Waals surface area contributed by atoms with Crippen LogP contribution in [-0.4, -0.2) is 37.5 Å². The topological polar surface area (TPSA) is 31.2 Å². The van der Waals surface area contributed by atoms with Gasteiger partial charge in [-0.25, -0.2) is 4.99 Å². The average Bonchev–Trinajstić information content (AvgIpc) is 2.99. The molecule has 0 fully saturated rings. The molecular weight excluding hydrogens is 500 g/mol. The summed E-state index contributed by atoms with van der Waals surface area (Å²) in [4.78, 5) is 13.6. The molecular formula is C37H38N4. The van der Waals surface area contributed by atoms with Crippen LogP contribution in [0.2, 0.25) is 0 Å². The van der Waals surface area contributed by atoms with Gasteiger partial charge >= 0.3 is 0 Å². The van der Waals surface area contributed by atoms with Crippen molar-refractivity contribution < 1.29 is 0 Å². The minimum absolute atomic E-state index is 0.776. The van der Waals surface area contributed by atoms with Crippen LogP contribution in [-0.2, 0) is 19.5 Å². The van der Waals surface area contributed by atoms with Crippen molar-refractivity contribution in [2.75, 3.05) is 26.0 Å². The molecule has 1 aliphatic rings. The van der Waals surface area contributed by atoms with Crippen LogP contribution >= 0.6 is 0 Å². The lowest BCUT2D eigenvalue weighted by atomic mass is 10.0. The molecule has 0 radical (unpaired) electrons. The van der Waals surface area contributed by atoms with Gasteiger partial charge < -0.3 is 9.80 Å². The highest BCUT2D eigenvalue weighted by molar-refractivity contribution is 6.18. The van der Waals surface area contributed by atoms with Crippen LogP contribution in [0, 0.1) is 6.92 Å². The molecule has 206 valence electrons. The van der Waals surface area contributed by atoms with E-state index >= 15 is 0 Å². The van der Waals surface area contributed by atoms with Crippen molar-refractivity contribution in [3.05, 3.63) is 149 Å². The van der Waals surface area contributed by atoms with Crippen LogP contribution < -0.4 is 4.90 Å². The largest absolute Gasteiger partial charge is 0.337 e. The Morgan fingerprint density at radius 1 is 0.537 bits per heavy atom. The molecule has 0 bridgehead atoms. The van der Waals surface area contributed by atoms with Crippen molar-refractivity contribution in [3.63, 3.8) is 0 Å². The first kappa shape index (κ1) is 28.0. The van der Waals surface area contributed by atoms with Crippen LogP contribution in [0.25, 0.3) is 0 Å². The quantitative estimate of drug-likeness (QED) is 0.201. The molecule has 4 aromatic carbocycles. The predicted molar refractivity (Wildman–Crippen MR) is 175 cm³/mol. The third-order valence-corrected chi connectivity index (χ3v) is 7.17. The second-order valence-corrected chi connectivity index (χ2v) is 10.8. The van der Waals surface area contributed by atoms with Crippen molar-refractivity contribution in [2.24, 2.45) is 9.98 Å². The molecule has 0 heterocycles. The van der Waals surface area contributed by atoms with Gasteiger partial charge in [-0.3, -0.25) is 4.99 Å². The van der Waals surface area contributed by atoms with E-state index in [9.17, 15) is 0 Å². The Bertz CT molecular complexity index is 1540. The normalized spacial score (nSPS) is 12.6. The number of hydrogen-bond donors (Lipinski definition) is 0. The molecule has 0 saturated carbocycles. The minimum atomic E-state index is 0.776. The standard InChI is InChI=1S/C37H38N4/c1-28-5-7-29(8-6-28)25-30-13-21-36(22-14-30)41(27-32-11-9-31(10-12-32)26-40(3)4)37-23-19-35(20-24-37)39-34-17-15-33(38-2)16-18-34/h5-24H,25-27H2,1-4H3. The first-order valence-corrected chi connectivity index (χ1v) is 14.1. The minimum Gasteiger partial charge on any atom is -0.337 e. The summed E-state index contributed by atoms with van der Waals surface area (Å²) in [6.45, 7) is 3.84. The maximum Gasteiger partial charge on any atom is 0.0638 e. The van der Waals surface area contributed by atoms with E-state index in [1.54, 1.807) is 7.05 Å². The average molecular weight is 539 g/mol. The van der Waals surface area contributed by atoms with E-state index in [1.807, 2.05) is 24.3 Å². The highest BCUT2D eigenvalue weighted by Gasteiger charge is 2.12. The smallest absolute Gasteiger partial charge is 0.0638 e. The zero-order valence-electron chi connectivity index (χ0n) is 24.5. The summed E-state index contributed by atoms with van der Waals surface area (Å²) < 4.78 is 0. The lowest BCUT2D eigenvalue weighted by molar-refractivity contribution is 0.402. The van der Waals surface area contributed by atoms with Gasteiger partial charge in [0.2, 0.25) is 0 Å². The van der Waals surface area contributed by atoms with Crippen LogP contribution in [0.15, 0.2) is 131 Å². The molecule has 0 aromatic heterocycles. The van der Waals surface area contributed by atoms with E-state index in [0.29, 0.717) is 0 Å². The molecule has 0 unspecified atom stereocenters. The molecule has 0 N–H and O–H groups in total. The molecule has 1 aliphatic carbocycles. The van der Waals surface area contributed by atoms with Gasteiger partial charge in [0.15, 0.2) is 0 Å². The third kappa shape index (κ3) is 7.77. The van der Waals surface area contributed by atoms with Crippen LogP contribution in [0.3, 0.4) is 0 Å². The summed E-state index contributed by atoms with van der Waals surface area (Å²) in [5.74, 6) is 0. The Morgan fingerprint density at radius 3 is 1.54 bits per heavy atom. The number of hydrogen-bond acceptors (Lipinski definition) is 4. The van der Waals surface area contributed by atoms with E-state index in [-0.39, 0.29) is 0 Å². The molecule has 5 rings (SSSR count). The van der Waals surface area contributed by atoms with E-state index in [2.05, 4.69) is 133 Å². The molecule has 4 aromatic rings. The lowest BCUT2D eigenvalue weighted by Crippen LogP contribution is -2.16. The van der Waals surface area contributed by atoms with Crippen molar-refractivity contribution in [2.45, 2.75) is 26.4 Å². The van der Waals surface area contributed by atoms with E-state index < -0.39 is 0 Å². The summed E-state index contributed by atoms with van der Waals surface area (Å²) in [6.07, 6.45) is 8.90. The van der Waals surface area contributed by atoms with Gasteiger partial charge in [0, 0.05) is 31.5 Å². The van der Waals surface area contributed by atoms with Gasteiger partial charge in [0.05, 0.1) is 17.1 Å². The first-order valence-electron chi connectivity index (χ1n) is 14.1. The number of nitrogens with zero attached hydrogens (tertiary/aromatic N) is 4. The van der Waals surface area contributed by atoms with E-state index in [4.69, 9.17) is 4.99 Å². The fourth-order valence-corrected chi connectivity index (χ4v) is 4.90. The van der Waals surface area contributed by atoms with E-state index in [1.165, 1.54) is 33.5 Å². The second-order valence-electron chi connectivity index (χ2n) is 10.8. The number of rotatable bonds is 9. The third-order valence-electron chi connectivity index (χ3n) is 7.17. The maximum absolute atomic E-state index is 4.80. The summed E-state index contributed by atoms with van der Waals surface area (Å²) in [6, 6.07) is 35.2. The van der Waals surface area contributed by atoms with Gasteiger partial charge in [0.1, 0.15) is 0 Å². The number of aliphatic imine (C=N–C) groups is 2. The summed E-state index contributed by atoms with van der Waals surface area (Å²) in [7, 11) is 6.00. The number of aryl methyl sites for hydroxylation is 1. The van der Waals surface area contributed by atoms with Crippen LogP contribution in [0.5, 0.6) is 0 Å². The Balaban J connectivity index is 1.39. The molecule has 41 heavy (non-hydrogen) atoms. The van der Waals surface area contributed by atoms with Crippen LogP contribution in [0.1, 0.15) is 27.8 Å². The zero-order valence-corrected chi connectivity index (χ0v) is 24.5. The Kier molecular flexibility index (Phi) is 9.02. The summed E-state index contributed by atoms with van der Waals surface area (Å²) in [5, 5.41) is 0. The predicted octanol–water partition coefficient (Wildman–Crippen LogP) is 8.26. The fraction of sp³-hybridized carbons (Fsp3) is 0.189. The Hall–Kier alpha value is -4.54. The van der Waals surface area contributed by atoms with Gasteiger partial charge in [-0.2, -0.15) is 0 Å². The zero-order chi connectivity index (χ0) is 28.6. The van der Waals surface area contributed by atoms with Gasteiger partial charge in [0.25, 0.3) is 0 Å². The molecule has 0 spiro atoms. The second kappa shape index (κ2) is 13.2. The summed E-state index contributed by atoms with van der Waals surface area (Å²) in [5.41, 5.74) is 11.6. The molecule has 0 saturated heterocycles. The Morgan fingerprint density at radius 2 is 1.00 bits per heavy atom. The molecule has 4 nitrogen and oxygen atoms in total. The lowest BCUT2D eigenvalue weighted by Gasteiger charge is -2.26. The SMILES string of the molecule is CN=C1C=CC(=Nc2ccc(N(Cc3ccc(CN(C)C)cc3)c3ccc(Cc4ccc(C)cc4)cc3)cc2)C=C1. The van der Waals surface area contributed by atoms with Gasteiger partial charge in [-0.05, 0) is 110 Å². The molecule has 4 heteroatoms. The number of allylic oxidation sites excluding steroid dienone is 4. The van der Waals surface area contributed by atoms with Gasteiger partial charge in [-0.15, -0.1) is 0 Å². The highest BCUT2D eigenvalue weighted by atomic mass is 15.1. The molecule has 0 aliphatic heterocycles. The Labute approximate surface area is 244 Å². The van der Waals surface area contributed by atoms with E-state index in [0.717, 1.165) is 42.3 Å². The number of benzene rings is 4. The first-order chi connectivity index (χ1) is 19.9. The molecule has 0 atom stereocenters. The van der Waals surface area contributed by atoms with Crippen molar-refractivity contribution in [1.82, 2.24) is 4.90 Å². The van der Waals surface area contributed by atoms with Gasteiger partial charge in [-0.1, -0.05) is 66.2 Å². The maximum atomic E-state index is 4.80. The van der Waals surface area contributed by atoms with Crippen molar-refractivity contribution >= 4 is 28.5 Å². The monoisotopic (exact) mass is 538 g/mol. The molecule has 0 amide bonds. The van der Waals surface area contributed by atoms with Crippen LogP contribution in [0.4, 0.5) is 17.1 Å². The number of anilines is 2. The van der Waals surface area contributed by atoms with Crippen molar-refractivity contribution in [1.29, 1.82) is 0 Å². The summed E-state index contributed by atoms with van der Waals surface area (Å²) >= 11 is 0. The van der Waals surface area contributed by atoms with Crippen molar-refractivity contribution in [3.8, 4) is 0 Å². The fourth-order valence-electron chi connectivity index (χ4n) is 4.90.